The molecule has 7 nitrogen and oxygen atoms in total. The molecule has 41 heavy (non-hydrogen) atoms. The van der Waals surface area contributed by atoms with Gasteiger partial charge < -0.3 is 18.8 Å². The lowest BCUT2D eigenvalue weighted by molar-refractivity contribution is 0.0256. The van der Waals surface area contributed by atoms with Gasteiger partial charge in [0.15, 0.2) is 0 Å². The Balaban J connectivity index is 1.47. The summed E-state index contributed by atoms with van der Waals surface area (Å²) in [5, 5.41) is 13.4. The van der Waals surface area contributed by atoms with Gasteiger partial charge in [-0.1, -0.05) is 24.3 Å². The maximum atomic E-state index is 12.2. The highest BCUT2D eigenvalue weighted by Gasteiger charge is 2.29. The van der Waals surface area contributed by atoms with E-state index in [-0.39, 0.29) is 12.2 Å². The lowest BCUT2D eigenvalue weighted by atomic mass is 9.91. The van der Waals surface area contributed by atoms with Crippen LogP contribution in [-0.2, 0) is 9.47 Å². The Morgan fingerprint density at radius 1 is 0.976 bits per heavy atom. The second-order valence-electron chi connectivity index (χ2n) is 11.1. The Kier molecular flexibility index (Phi) is 7.67. The van der Waals surface area contributed by atoms with Crippen LogP contribution in [0.15, 0.2) is 66.7 Å². The molecule has 6 rings (SSSR count). The molecule has 0 radical (unpaired) electrons. The van der Waals surface area contributed by atoms with Gasteiger partial charge in [0, 0.05) is 41.6 Å². The summed E-state index contributed by atoms with van der Waals surface area (Å²) in [4.78, 5) is 12.2. The predicted octanol–water partition coefficient (Wildman–Crippen LogP) is 8.09. The van der Waals surface area contributed by atoms with Gasteiger partial charge in [-0.05, 0) is 80.6 Å². The number of aromatic nitrogens is 1. The maximum Gasteiger partial charge on any atom is 0.411 e. The number of nitrogens with one attached hydrogen (secondary N) is 1. The normalized spacial score (nSPS) is 15.9. The zero-order valence-electron chi connectivity index (χ0n) is 23.6. The van der Waals surface area contributed by atoms with E-state index in [1.54, 1.807) is 0 Å². The zero-order chi connectivity index (χ0) is 28.3. The van der Waals surface area contributed by atoms with Crippen LogP contribution in [0.25, 0.3) is 33.3 Å². The topological polar surface area (TPSA) is 85.5 Å². The van der Waals surface area contributed by atoms with Gasteiger partial charge in [0.1, 0.15) is 11.9 Å². The van der Waals surface area contributed by atoms with E-state index in [1.165, 1.54) is 6.42 Å². The molecule has 2 heterocycles. The van der Waals surface area contributed by atoms with Crippen molar-refractivity contribution in [1.29, 1.82) is 5.26 Å². The summed E-state index contributed by atoms with van der Waals surface area (Å²) in [6.07, 6.45) is 4.74. The van der Waals surface area contributed by atoms with E-state index in [0.717, 1.165) is 77.9 Å². The minimum Gasteiger partial charge on any atom is -0.490 e. The number of rotatable bonds is 7. The number of hydrogen-bond acceptors (Lipinski definition) is 5. The minimum absolute atomic E-state index is 0.160. The van der Waals surface area contributed by atoms with Crippen LogP contribution in [0.1, 0.15) is 57.6 Å². The molecule has 0 bridgehead atoms. The summed E-state index contributed by atoms with van der Waals surface area (Å²) >= 11 is 0. The number of nitriles is 1. The fourth-order valence-corrected chi connectivity index (χ4v) is 5.73. The Labute approximate surface area is 240 Å². The third kappa shape index (κ3) is 5.66. The zero-order valence-corrected chi connectivity index (χ0v) is 23.6. The van der Waals surface area contributed by atoms with Gasteiger partial charge in [0.05, 0.1) is 42.2 Å². The Morgan fingerprint density at radius 2 is 1.68 bits per heavy atom. The molecule has 3 aromatic carbocycles. The highest BCUT2D eigenvalue weighted by molar-refractivity contribution is 6.05. The molecule has 1 aliphatic heterocycles. The van der Waals surface area contributed by atoms with Gasteiger partial charge in [-0.2, -0.15) is 5.26 Å². The van der Waals surface area contributed by atoms with E-state index in [0.29, 0.717) is 17.3 Å². The average molecular weight is 550 g/mol. The first-order valence-corrected chi connectivity index (χ1v) is 14.5. The van der Waals surface area contributed by atoms with E-state index in [1.807, 2.05) is 50.2 Å². The summed E-state index contributed by atoms with van der Waals surface area (Å²) in [5.41, 5.74) is 6.84. The molecule has 1 amide bonds. The largest absolute Gasteiger partial charge is 0.490 e. The smallest absolute Gasteiger partial charge is 0.411 e. The van der Waals surface area contributed by atoms with Gasteiger partial charge in [-0.3, -0.25) is 5.32 Å². The quantitative estimate of drug-likeness (QED) is 0.252. The highest BCUT2D eigenvalue weighted by atomic mass is 16.6. The Bertz CT molecular complexity index is 1570. The molecule has 210 valence electrons. The Morgan fingerprint density at radius 3 is 2.32 bits per heavy atom. The Hall–Kier alpha value is -4.28. The second-order valence-corrected chi connectivity index (χ2v) is 11.1. The lowest BCUT2D eigenvalue weighted by Crippen LogP contribution is -2.25. The number of carbonyl (C=O) groups is 1. The van der Waals surface area contributed by atoms with Crippen molar-refractivity contribution in [3.8, 4) is 34.2 Å². The van der Waals surface area contributed by atoms with Gasteiger partial charge in [-0.25, -0.2) is 4.79 Å². The van der Waals surface area contributed by atoms with Crippen LogP contribution in [0.5, 0.6) is 5.75 Å². The fourth-order valence-electron chi connectivity index (χ4n) is 5.73. The molecule has 0 atom stereocenters. The van der Waals surface area contributed by atoms with E-state index in [2.05, 4.69) is 46.3 Å². The molecule has 2 fully saturated rings. The van der Waals surface area contributed by atoms with Crippen LogP contribution < -0.4 is 10.1 Å². The van der Waals surface area contributed by atoms with Gasteiger partial charge in [-0.15, -0.1) is 0 Å². The molecule has 7 heteroatoms. The average Bonchev–Trinajstić information content (AvgIpc) is 3.26. The van der Waals surface area contributed by atoms with Crippen molar-refractivity contribution < 1.29 is 19.0 Å². The number of ether oxygens (including phenoxy) is 3. The first kappa shape index (κ1) is 26.9. The summed E-state index contributed by atoms with van der Waals surface area (Å²) < 4.78 is 19.7. The molecule has 1 aliphatic carbocycles. The molecule has 0 unspecified atom stereocenters. The SMILES string of the molecule is CC(C)OC(=O)Nc1ccc(-c2c(-c3ccc(C#N)cc3)c3ccc(OC4CCOCC4)cc3n2C2CCC2)cc1. The number of benzene rings is 3. The summed E-state index contributed by atoms with van der Waals surface area (Å²) in [7, 11) is 0. The molecule has 0 spiro atoms. The standard InChI is InChI=1S/C34H35N3O4/c1-22(2)40-34(38)36-26-12-10-25(11-13-26)33-32(24-8-6-23(21-35)7-9-24)30-15-14-29(41-28-16-18-39-19-17-28)20-31(30)37(33)27-4-3-5-27/h6-15,20,22,27-28H,3-5,16-19H2,1-2H3,(H,36,38). The molecular weight excluding hydrogens is 514 g/mol. The highest BCUT2D eigenvalue weighted by Crippen LogP contribution is 2.47. The molecular formula is C34H35N3O4. The van der Waals surface area contributed by atoms with Gasteiger partial charge in [0.25, 0.3) is 0 Å². The van der Waals surface area contributed by atoms with E-state index < -0.39 is 6.09 Å². The molecule has 1 N–H and O–H groups in total. The summed E-state index contributed by atoms with van der Waals surface area (Å²) in [6.45, 7) is 5.12. The molecule has 1 saturated carbocycles. The van der Waals surface area contributed by atoms with Crippen LogP contribution in [0.4, 0.5) is 10.5 Å². The van der Waals surface area contributed by atoms with Crippen LogP contribution in [0.2, 0.25) is 0 Å². The maximum absolute atomic E-state index is 12.2. The van der Waals surface area contributed by atoms with Crippen molar-refractivity contribution in [2.24, 2.45) is 0 Å². The number of carbonyl (C=O) groups excluding carboxylic acids is 1. The van der Waals surface area contributed by atoms with E-state index >= 15 is 0 Å². The van der Waals surface area contributed by atoms with E-state index in [4.69, 9.17) is 14.2 Å². The number of amides is 1. The molecule has 4 aromatic rings. The number of nitrogens with zero attached hydrogens (tertiary/aromatic N) is 2. The van der Waals surface area contributed by atoms with Crippen molar-refractivity contribution in [1.82, 2.24) is 4.57 Å². The summed E-state index contributed by atoms with van der Waals surface area (Å²) in [6, 6.07) is 24.8. The van der Waals surface area contributed by atoms with Crippen molar-refractivity contribution in [2.75, 3.05) is 18.5 Å². The fraction of sp³-hybridized carbons (Fsp3) is 0.353. The third-order valence-electron chi connectivity index (χ3n) is 7.94. The monoisotopic (exact) mass is 549 g/mol. The van der Waals surface area contributed by atoms with Gasteiger partial charge >= 0.3 is 6.09 Å². The van der Waals surface area contributed by atoms with Gasteiger partial charge in [0.2, 0.25) is 0 Å². The molecule has 2 aliphatic rings. The van der Waals surface area contributed by atoms with E-state index in [9.17, 15) is 10.1 Å². The van der Waals surface area contributed by atoms with Crippen LogP contribution in [0.3, 0.4) is 0 Å². The minimum atomic E-state index is -0.466. The number of hydrogen-bond donors (Lipinski definition) is 1. The number of anilines is 1. The van der Waals surface area contributed by atoms with Crippen molar-refractivity contribution in [2.45, 2.75) is 64.2 Å². The third-order valence-corrected chi connectivity index (χ3v) is 7.94. The van der Waals surface area contributed by atoms with Crippen molar-refractivity contribution >= 4 is 22.7 Å². The van der Waals surface area contributed by atoms with Crippen molar-refractivity contribution in [3.63, 3.8) is 0 Å². The molecule has 1 saturated heterocycles. The van der Waals surface area contributed by atoms with Crippen LogP contribution >= 0.6 is 0 Å². The van der Waals surface area contributed by atoms with Crippen molar-refractivity contribution in [3.05, 3.63) is 72.3 Å². The summed E-state index contributed by atoms with van der Waals surface area (Å²) in [5.74, 6) is 0.878. The first-order valence-electron chi connectivity index (χ1n) is 14.5. The predicted molar refractivity (Wildman–Crippen MR) is 160 cm³/mol. The van der Waals surface area contributed by atoms with Crippen LogP contribution in [-0.4, -0.2) is 36.1 Å². The van der Waals surface area contributed by atoms with Crippen LogP contribution in [0, 0.1) is 11.3 Å². The molecule has 1 aromatic heterocycles. The lowest BCUT2D eigenvalue weighted by Gasteiger charge is -2.30. The number of fused-ring (bicyclic) bond motifs is 1. The second kappa shape index (κ2) is 11.7. The first-order chi connectivity index (χ1) is 20.0.